The molecule has 7 nitrogen and oxygen atoms in total. The van der Waals surface area contributed by atoms with Crippen molar-refractivity contribution < 1.29 is 45.6 Å². The average Bonchev–Trinajstić information content (AvgIpc) is 2.49. The fourth-order valence-corrected chi connectivity index (χ4v) is 1.71. The normalized spacial score (nSPS) is 9.61. The van der Waals surface area contributed by atoms with Crippen molar-refractivity contribution in [3.63, 3.8) is 0 Å². The molecule has 126 valence electrons. The molecule has 0 aliphatic carbocycles. The van der Waals surface area contributed by atoms with Crippen LogP contribution in [-0.2, 0) is 20.4 Å². The monoisotopic (exact) mass is 411 g/mol. The standard InChI is InChI=1S/C15H14N2O4.H2O.Pd/c1-21-13-8-4-5-10(14(13)19)9-16-17-15(20)11-6-2-3-7-12(11)18;;/h2-9,18-19H,1H3,(H,17,20);1H2;/p+1/b16-9+;;. The molecular weight excluding hydrogens is 395 g/mol. The SMILES string of the molecule is COc1cccc(/C=N/NC(=[OH+])c2ccccc2[O-])c1[OH2+].O.[Pd]. The van der Waals surface area contributed by atoms with E-state index < -0.39 is 0 Å². The van der Waals surface area contributed by atoms with E-state index in [-0.39, 0.29) is 48.9 Å². The molecular formula is C15H17N2O5Pd+. The molecule has 0 aliphatic rings. The Morgan fingerprint density at radius 2 is 1.96 bits per heavy atom. The van der Waals surface area contributed by atoms with Crippen LogP contribution < -0.4 is 15.3 Å². The van der Waals surface area contributed by atoms with E-state index >= 15 is 0 Å². The van der Waals surface area contributed by atoms with Gasteiger partial charge in [0, 0.05) is 20.4 Å². The van der Waals surface area contributed by atoms with Crippen molar-refractivity contribution in [3.05, 3.63) is 53.6 Å². The number of methoxy groups -OCH3 is 1. The van der Waals surface area contributed by atoms with Crippen LogP contribution in [-0.4, -0.2) is 34.6 Å². The van der Waals surface area contributed by atoms with Crippen LogP contribution in [0.1, 0.15) is 11.1 Å². The molecule has 2 aromatic rings. The molecule has 0 bridgehead atoms. The quantitative estimate of drug-likeness (QED) is 0.324. The van der Waals surface area contributed by atoms with Gasteiger partial charge in [-0.1, -0.05) is 30.0 Å². The van der Waals surface area contributed by atoms with E-state index in [1.165, 1.54) is 25.5 Å². The molecule has 2 rings (SSSR count). The first-order chi connectivity index (χ1) is 10.1. The topological polar surface area (TPSA) is 132 Å². The zero-order chi connectivity index (χ0) is 15.2. The number of hydrogen-bond donors (Lipinski definition) is 1. The Morgan fingerprint density at radius 3 is 2.61 bits per heavy atom. The summed E-state index contributed by atoms with van der Waals surface area (Å²) in [4.78, 5) is 9.77. The van der Waals surface area contributed by atoms with Crippen LogP contribution in [0.4, 0.5) is 0 Å². The molecule has 0 unspecified atom stereocenters. The number of para-hydroxylation sites is 2. The van der Waals surface area contributed by atoms with E-state index in [0.29, 0.717) is 11.3 Å². The van der Waals surface area contributed by atoms with Crippen LogP contribution in [0.3, 0.4) is 0 Å². The number of benzene rings is 2. The molecule has 0 heterocycles. The maximum Gasteiger partial charge on any atom is 0.441 e. The van der Waals surface area contributed by atoms with Gasteiger partial charge in [0.25, 0.3) is 0 Å². The molecule has 0 radical (unpaired) electrons. The third-order valence-corrected chi connectivity index (χ3v) is 2.79. The molecule has 0 saturated heterocycles. The summed E-state index contributed by atoms with van der Waals surface area (Å²) >= 11 is 0. The molecule has 0 atom stereocenters. The van der Waals surface area contributed by atoms with Gasteiger partial charge in [-0.05, 0) is 18.2 Å². The number of ether oxygens (including phenoxy) is 1. The first-order valence-corrected chi connectivity index (χ1v) is 6.13. The van der Waals surface area contributed by atoms with Crippen LogP contribution in [0, 0.1) is 0 Å². The molecule has 0 aliphatic heterocycles. The predicted molar refractivity (Wildman–Crippen MR) is 82.3 cm³/mol. The Kier molecular flexibility index (Phi) is 8.59. The van der Waals surface area contributed by atoms with Gasteiger partial charge in [-0.3, -0.25) is 4.79 Å². The van der Waals surface area contributed by atoms with E-state index in [1.807, 2.05) is 0 Å². The van der Waals surface area contributed by atoms with Gasteiger partial charge in [-0.15, -0.1) is 0 Å². The number of amides is 1. The van der Waals surface area contributed by atoms with Crippen LogP contribution in [0.5, 0.6) is 17.2 Å². The molecule has 2 aromatic carbocycles. The second kappa shape index (κ2) is 9.59. The number of rotatable bonds is 4. The third kappa shape index (κ3) is 5.07. The van der Waals surface area contributed by atoms with Crippen molar-refractivity contribution in [2.45, 2.75) is 0 Å². The summed E-state index contributed by atoms with van der Waals surface area (Å²) in [5, 5.41) is 23.2. The van der Waals surface area contributed by atoms with E-state index in [0.717, 1.165) is 0 Å². The van der Waals surface area contributed by atoms with Gasteiger partial charge in [0.05, 0.1) is 24.5 Å². The Morgan fingerprint density at radius 1 is 1.26 bits per heavy atom. The molecule has 0 fully saturated rings. The second-order valence-electron chi connectivity index (χ2n) is 4.14. The second-order valence-corrected chi connectivity index (χ2v) is 4.14. The predicted octanol–water partition coefficient (Wildman–Crippen LogP) is -0.146. The van der Waals surface area contributed by atoms with Crippen LogP contribution in [0.2, 0.25) is 0 Å². The number of nitrogens with one attached hydrogen (secondary N) is 1. The van der Waals surface area contributed by atoms with Gasteiger partial charge in [0.2, 0.25) is 5.75 Å². The minimum atomic E-state index is -0.341. The Labute approximate surface area is 146 Å². The summed E-state index contributed by atoms with van der Waals surface area (Å²) in [6, 6.07) is 11.2. The fraction of sp³-hybridized carbons (Fsp3) is 0.0667. The minimum absolute atomic E-state index is 0. The van der Waals surface area contributed by atoms with Crippen molar-refractivity contribution in [1.29, 1.82) is 0 Å². The van der Waals surface area contributed by atoms with Gasteiger partial charge in [-0.2, -0.15) is 10.5 Å². The number of carbonyl (C=O) groups excluding carboxylic acids is 1. The number of hydrogen-bond acceptors (Lipinski definition) is 3. The maximum atomic E-state index is 11.5. The number of nitrogens with zero attached hydrogens (tertiary/aromatic N) is 1. The Balaban J connectivity index is 0.00000242. The van der Waals surface area contributed by atoms with Gasteiger partial charge >= 0.3 is 11.7 Å². The van der Waals surface area contributed by atoms with Crippen LogP contribution in [0.25, 0.3) is 0 Å². The average molecular weight is 412 g/mol. The molecule has 0 saturated carbocycles. The van der Waals surface area contributed by atoms with E-state index in [4.69, 9.17) is 9.84 Å². The van der Waals surface area contributed by atoms with Gasteiger partial charge in [0.1, 0.15) is 0 Å². The van der Waals surface area contributed by atoms with Crippen LogP contribution in [0.15, 0.2) is 47.6 Å². The van der Waals surface area contributed by atoms with Crippen molar-refractivity contribution >= 4 is 12.1 Å². The maximum absolute atomic E-state index is 11.5. The fourth-order valence-electron chi connectivity index (χ4n) is 1.71. The Hall–Kier alpha value is -2.40. The van der Waals surface area contributed by atoms with E-state index in [2.05, 4.69) is 10.5 Å². The first kappa shape index (κ1) is 20.6. The van der Waals surface area contributed by atoms with Crippen molar-refractivity contribution in [2.75, 3.05) is 7.11 Å². The van der Waals surface area contributed by atoms with E-state index in [1.54, 1.807) is 30.3 Å². The first-order valence-electron chi connectivity index (χ1n) is 6.13. The largest absolute Gasteiger partial charge is 0.872 e. The molecule has 8 heteroatoms. The van der Waals surface area contributed by atoms with Crippen molar-refractivity contribution in [1.82, 2.24) is 5.43 Å². The van der Waals surface area contributed by atoms with E-state index in [9.17, 15) is 9.90 Å². The summed E-state index contributed by atoms with van der Waals surface area (Å²) in [5.74, 6) is -0.0298. The Bertz CT molecular complexity index is 691. The molecule has 23 heavy (non-hydrogen) atoms. The zero-order valence-electron chi connectivity index (χ0n) is 12.1. The summed E-state index contributed by atoms with van der Waals surface area (Å²) < 4.78 is 5.03. The minimum Gasteiger partial charge on any atom is -0.872 e. The van der Waals surface area contributed by atoms with Crippen LogP contribution >= 0.6 is 0 Å². The summed E-state index contributed by atoms with van der Waals surface area (Å²) in [5.41, 5.74) is 3.02. The van der Waals surface area contributed by atoms with Gasteiger partial charge in [-0.25, -0.2) is 0 Å². The summed E-state index contributed by atoms with van der Waals surface area (Å²) in [6.45, 7) is 0. The van der Waals surface area contributed by atoms with Crippen molar-refractivity contribution in [2.24, 2.45) is 5.10 Å². The summed E-state index contributed by atoms with van der Waals surface area (Å²) in [6.07, 6.45) is 1.37. The summed E-state index contributed by atoms with van der Waals surface area (Å²) in [7, 11) is 1.48. The van der Waals surface area contributed by atoms with Gasteiger partial charge < -0.3 is 20.4 Å². The molecule has 6 N–H and O–H groups in total. The molecule has 1 amide bonds. The molecule has 0 aromatic heterocycles. The van der Waals surface area contributed by atoms with Crippen molar-refractivity contribution in [3.8, 4) is 17.2 Å². The van der Waals surface area contributed by atoms with Gasteiger partial charge in [0.15, 0.2) is 0 Å². The number of hydrazone groups is 1. The zero-order valence-corrected chi connectivity index (χ0v) is 13.7. The smallest absolute Gasteiger partial charge is 0.441 e. The third-order valence-electron chi connectivity index (χ3n) is 2.79. The molecule has 0 spiro atoms.